The van der Waals surface area contributed by atoms with Crippen molar-refractivity contribution < 1.29 is 4.79 Å². The van der Waals surface area contributed by atoms with Gasteiger partial charge in [0.05, 0.1) is 10.6 Å². The number of thioether (sulfide) groups is 1. The molecule has 0 radical (unpaired) electrons. The highest BCUT2D eigenvalue weighted by atomic mass is 32.2. The molecule has 5 nitrogen and oxygen atoms in total. The summed E-state index contributed by atoms with van der Waals surface area (Å²) in [4.78, 5) is 15.8. The van der Waals surface area contributed by atoms with Crippen LogP contribution in [0.2, 0.25) is 0 Å². The SMILES string of the molecule is C=C(C)CN(CC)C(=O)CSc1nnc(-c2cccs2)n1C(C)C1CC2CCC1C2. The Hall–Kier alpha value is -1.60. The van der Waals surface area contributed by atoms with Gasteiger partial charge >= 0.3 is 0 Å². The fourth-order valence-electron chi connectivity index (χ4n) is 5.31. The van der Waals surface area contributed by atoms with Gasteiger partial charge in [0.2, 0.25) is 5.91 Å². The summed E-state index contributed by atoms with van der Waals surface area (Å²) in [6.07, 6.45) is 5.47. The minimum Gasteiger partial charge on any atom is -0.338 e. The zero-order chi connectivity index (χ0) is 21.3. The Morgan fingerprint density at radius 1 is 1.40 bits per heavy atom. The molecule has 4 atom stereocenters. The molecule has 2 aliphatic rings. The van der Waals surface area contributed by atoms with Gasteiger partial charge in [-0.15, -0.1) is 21.5 Å². The fraction of sp³-hybridized carbons (Fsp3) is 0.609. The lowest BCUT2D eigenvalue weighted by molar-refractivity contribution is -0.127. The highest BCUT2D eigenvalue weighted by Crippen LogP contribution is 2.53. The van der Waals surface area contributed by atoms with Gasteiger partial charge < -0.3 is 4.90 Å². The number of rotatable bonds is 9. The van der Waals surface area contributed by atoms with Gasteiger partial charge in [-0.05, 0) is 69.2 Å². The van der Waals surface area contributed by atoms with E-state index in [1.54, 1.807) is 11.3 Å². The van der Waals surface area contributed by atoms with Gasteiger partial charge in [0.1, 0.15) is 0 Å². The van der Waals surface area contributed by atoms with Gasteiger partial charge in [-0.2, -0.15) is 0 Å². The predicted octanol–water partition coefficient (Wildman–Crippen LogP) is 5.52. The molecule has 0 aliphatic heterocycles. The summed E-state index contributed by atoms with van der Waals surface area (Å²) in [5, 5.41) is 12.1. The lowest BCUT2D eigenvalue weighted by atomic mass is 9.84. The highest BCUT2D eigenvalue weighted by molar-refractivity contribution is 7.99. The van der Waals surface area contributed by atoms with E-state index < -0.39 is 0 Å². The Bertz CT molecular complexity index is 891. The Balaban J connectivity index is 1.56. The lowest BCUT2D eigenvalue weighted by Crippen LogP contribution is -2.33. The molecule has 2 aromatic rings. The molecule has 2 saturated carbocycles. The summed E-state index contributed by atoms with van der Waals surface area (Å²) < 4.78 is 2.32. The second-order valence-electron chi connectivity index (χ2n) is 8.89. The Morgan fingerprint density at radius 3 is 2.83 bits per heavy atom. The van der Waals surface area contributed by atoms with Crippen molar-refractivity contribution in [3.8, 4) is 10.7 Å². The summed E-state index contributed by atoms with van der Waals surface area (Å²) >= 11 is 3.23. The van der Waals surface area contributed by atoms with E-state index in [-0.39, 0.29) is 5.91 Å². The van der Waals surface area contributed by atoms with E-state index in [1.807, 2.05) is 18.7 Å². The monoisotopic (exact) mass is 444 g/mol. The van der Waals surface area contributed by atoms with Crippen molar-refractivity contribution in [1.29, 1.82) is 0 Å². The van der Waals surface area contributed by atoms with Crippen molar-refractivity contribution in [2.24, 2.45) is 17.8 Å². The third kappa shape index (κ3) is 4.37. The number of hydrogen-bond acceptors (Lipinski definition) is 5. The number of likely N-dealkylation sites (N-methyl/N-ethyl adjacent to an activating group) is 1. The Morgan fingerprint density at radius 2 is 2.23 bits per heavy atom. The molecule has 1 amide bonds. The first kappa shape index (κ1) is 21.6. The van der Waals surface area contributed by atoms with E-state index in [0.29, 0.717) is 30.8 Å². The molecule has 0 N–H and O–H groups in total. The van der Waals surface area contributed by atoms with Crippen molar-refractivity contribution in [2.75, 3.05) is 18.8 Å². The first-order valence-corrected chi connectivity index (χ1v) is 12.9. The standard InChI is InChI=1S/C23H32N4OS2/c1-5-26(13-15(2)3)21(28)14-30-23-25-24-22(20-7-6-10-29-20)27(23)16(4)19-12-17-8-9-18(19)11-17/h6-7,10,16-19H,2,5,8-9,11-14H2,1,3-4H3. The zero-order valence-electron chi connectivity index (χ0n) is 18.2. The Labute approximate surface area is 188 Å². The molecule has 7 heteroatoms. The molecule has 30 heavy (non-hydrogen) atoms. The van der Waals surface area contributed by atoms with Crippen LogP contribution in [0.1, 0.15) is 52.5 Å². The topological polar surface area (TPSA) is 51.0 Å². The van der Waals surface area contributed by atoms with Crippen LogP contribution in [-0.4, -0.2) is 44.4 Å². The number of fused-ring (bicyclic) bond motifs is 2. The maximum atomic E-state index is 12.8. The lowest BCUT2D eigenvalue weighted by Gasteiger charge is -2.30. The smallest absolute Gasteiger partial charge is 0.233 e. The number of nitrogens with zero attached hydrogens (tertiary/aromatic N) is 4. The summed E-state index contributed by atoms with van der Waals surface area (Å²) in [6.45, 7) is 11.6. The van der Waals surface area contributed by atoms with Crippen LogP contribution in [0.4, 0.5) is 0 Å². The van der Waals surface area contributed by atoms with Gasteiger partial charge in [-0.3, -0.25) is 9.36 Å². The quantitative estimate of drug-likeness (QED) is 0.377. The van der Waals surface area contributed by atoms with Crippen LogP contribution in [0.5, 0.6) is 0 Å². The first-order valence-electron chi connectivity index (χ1n) is 11.0. The molecule has 0 aromatic carbocycles. The van der Waals surface area contributed by atoms with Crippen LogP contribution in [-0.2, 0) is 4.79 Å². The summed E-state index contributed by atoms with van der Waals surface area (Å²) in [5.74, 6) is 3.88. The molecular formula is C23H32N4OS2. The molecule has 2 heterocycles. The van der Waals surface area contributed by atoms with Crippen molar-refractivity contribution in [2.45, 2.75) is 57.7 Å². The van der Waals surface area contributed by atoms with Gasteiger partial charge in [0, 0.05) is 19.1 Å². The average molecular weight is 445 g/mol. The van der Waals surface area contributed by atoms with Gasteiger partial charge in [0.15, 0.2) is 11.0 Å². The van der Waals surface area contributed by atoms with E-state index in [9.17, 15) is 4.79 Å². The molecule has 4 rings (SSSR count). The van der Waals surface area contributed by atoms with Gasteiger partial charge in [-0.1, -0.05) is 36.4 Å². The van der Waals surface area contributed by atoms with E-state index in [1.165, 1.54) is 37.4 Å². The number of aromatic nitrogens is 3. The van der Waals surface area contributed by atoms with E-state index in [4.69, 9.17) is 0 Å². The molecule has 162 valence electrons. The highest BCUT2D eigenvalue weighted by Gasteiger charge is 2.43. The normalized spacial score (nSPS) is 23.6. The van der Waals surface area contributed by atoms with Crippen molar-refractivity contribution in [3.63, 3.8) is 0 Å². The van der Waals surface area contributed by atoms with Crippen LogP contribution in [0.25, 0.3) is 10.7 Å². The molecule has 0 spiro atoms. The maximum Gasteiger partial charge on any atom is 0.233 e. The van der Waals surface area contributed by atoms with Crippen molar-refractivity contribution >= 4 is 29.0 Å². The largest absolute Gasteiger partial charge is 0.338 e. The fourth-order valence-corrected chi connectivity index (χ4v) is 6.94. The van der Waals surface area contributed by atoms with Gasteiger partial charge in [-0.25, -0.2) is 0 Å². The second kappa shape index (κ2) is 9.27. The van der Waals surface area contributed by atoms with E-state index in [2.05, 4.69) is 45.8 Å². The van der Waals surface area contributed by atoms with E-state index in [0.717, 1.165) is 33.3 Å². The summed E-state index contributed by atoms with van der Waals surface area (Å²) in [5.41, 5.74) is 1.00. The maximum absolute atomic E-state index is 12.8. The van der Waals surface area contributed by atoms with Crippen molar-refractivity contribution in [1.82, 2.24) is 19.7 Å². The second-order valence-corrected chi connectivity index (χ2v) is 10.8. The first-order chi connectivity index (χ1) is 14.5. The molecular weight excluding hydrogens is 412 g/mol. The summed E-state index contributed by atoms with van der Waals surface area (Å²) in [7, 11) is 0. The molecule has 2 aliphatic carbocycles. The molecule has 0 saturated heterocycles. The van der Waals surface area contributed by atoms with Crippen LogP contribution < -0.4 is 0 Å². The van der Waals surface area contributed by atoms with Crippen LogP contribution in [0, 0.1) is 17.8 Å². The Kier molecular flexibility index (Phi) is 6.68. The number of thiophene rings is 1. The third-order valence-corrected chi connectivity index (χ3v) is 8.54. The number of carbonyl (C=O) groups is 1. The number of carbonyl (C=O) groups excluding carboxylic acids is 1. The van der Waals surface area contributed by atoms with Crippen LogP contribution in [0.3, 0.4) is 0 Å². The molecule has 2 aromatic heterocycles. The molecule has 2 fully saturated rings. The number of amides is 1. The molecule has 4 unspecified atom stereocenters. The molecule has 2 bridgehead atoms. The van der Waals surface area contributed by atoms with Gasteiger partial charge in [0.25, 0.3) is 0 Å². The third-order valence-electron chi connectivity index (χ3n) is 6.75. The minimum atomic E-state index is 0.130. The zero-order valence-corrected chi connectivity index (χ0v) is 19.8. The van der Waals surface area contributed by atoms with E-state index >= 15 is 0 Å². The predicted molar refractivity (Wildman–Crippen MR) is 125 cm³/mol. The van der Waals surface area contributed by atoms with Crippen molar-refractivity contribution in [3.05, 3.63) is 29.7 Å². The number of hydrogen-bond donors (Lipinski definition) is 0. The van der Waals surface area contributed by atoms with Crippen LogP contribution in [0.15, 0.2) is 34.8 Å². The van der Waals surface area contributed by atoms with Crippen LogP contribution >= 0.6 is 23.1 Å². The average Bonchev–Trinajstić information content (AvgIpc) is 3.52. The minimum absolute atomic E-state index is 0.130. The summed E-state index contributed by atoms with van der Waals surface area (Å²) in [6, 6.07) is 4.53.